The van der Waals surface area contributed by atoms with Gasteiger partial charge >= 0.3 is 0 Å². The number of methoxy groups -OCH3 is 1. The van der Waals surface area contributed by atoms with Crippen LogP contribution in [0.25, 0.3) is 6.08 Å². The van der Waals surface area contributed by atoms with Crippen molar-refractivity contribution in [3.8, 4) is 11.5 Å². The molecule has 2 aromatic carbocycles. The Morgan fingerprint density at radius 1 is 1.14 bits per heavy atom. The average Bonchev–Trinajstić information content (AvgIpc) is 3.22. The first-order chi connectivity index (χ1) is 13.6. The molecule has 0 unspecified atom stereocenters. The lowest BCUT2D eigenvalue weighted by Crippen LogP contribution is -2.18. The molecule has 1 N–H and O–H groups in total. The molecule has 0 spiro atoms. The smallest absolute Gasteiger partial charge is 0.248 e. The van der Waals surface area contributed by atoms with Crippen LogP contribution in [0.1, 0.15) is 30.9 Å². The van der Waals surface area contributed by atoms with Crippen LogP contribution >= 0.6 is 0 Å². The number of benzene rings is 2. The summed E-state index contributed by atoms with van der Waals surface area (Å²) in [5.74, 6) is 1.18. The van der Waals surface area contributed by atoms with Crippen LogP contribution in [0, 0.1) is 6.92 Å². The number of amides is 1. The van der Waals surface area contributed by atoms with Gasteiger partial charge in [-0.25, -0.2) is 0 Å². The van der Waals surface area contributed by atoms with E-state index in [1.165, 1.54) is 30.2 Å². The zero-order chi connectivity index (χ0) is 19.9. The van der Waals surface area contributed by atoms with E-state index >= 15 is 0 Å². The monoisotopic (exact) mass is 380 g/mol. The minimum absolute atomic E-state index is 0.166. The highest BCUT2D eigenvalue weighted by molar-refractivity contribution is 6.02. The molecule has 0 saturated carbocycles. The normalized spacial score (nSPS) is 13.8. The Morgan fingerprint density at radius 3 is 2.61 bits per heavy atom. The van der Waals surface area contributed by atoms with Gasteiger partial charge in [-0.3, -0.25) is 4.79 Å². The Hall–Kier alpha value is -2.95. The van der Waals surface area contributed by atoms with Crippen molar-refractivity contribution >= 4 is 23.4 Å². The molecule has 1 heterocycles. The molecule has 1 fully saturated rings. The van der Waals surface area contributed by atoms with E-state index in [2.05, 4.69) is 23.2 Å². The predicted molar refractivity (Wildman–Crippen MR) is 114 cm³/mol. The van der Waals surface area contributed by atoms with E-state index in [4.69, 9.17) is 9.47 Å². The summed E-state index contributed by atoms with van der Waals surface area (Å²) >= 11 is 0. The van der Waals surface area contributed by atoms with Crippen molar-refractivity contribution in [2.45, 2.75) is 26.7 Å². The Kier molecular flexibility index (Phi) is 6.58. The van der Waals surface area contributed by atoms with Gasteiger partial charge in [0.05, 0.1) is 13.7 Å². The lowest BCUT2D eigenvalue weighted by Gasteiger charge is -2.20. The summed E-state index contributed by atoms with van der Waals surface area (Å²) < 4.78 is 10.9. The van der Waals surface area contributed by atoms with Crippen molar-refractivity contribution in [1.29, 1.82) is 0 Å². The summed E-state index contributed by atoms with van der Waals surface area (Å²) in [7, 11) is 1.60. The molecule has 0 atom stereocenters. The SMILES string of the molecule is CCOc1ccc(C=CC(=O)Nc2ccc(N3CCCC3)c(C)c2)cc1OC. The fourth-order valence-corrected chi connectivity index (χ4v) is 3.46. The predicted octanol–water partition coefficient (Wildman–Crippen LogP) is 4.65. The number of anilines is 2. The number of hydrogen-bond acceptors (Lipinski definition) is 4. The first-order valence-electron chi connectivity index (χ1n) is 9.76. The van der Waals surface area contributed by atoms with E-state index in [1.807, 2.05) is 37.3 Å². The number of ether oxygens (including phenoxy) is 2. The quantitative estimate of drug-likeness (QED) is 0.710. The molecule has 0 aromatic heterocycles. The maximum atomic E-state index is 12.3. The van der Waals surface area contributed by atoms with Crippen LogP contribution in [-0.4, -0.2) is 32.7 Å². The minimum Gasteiger partial charge on any atom is -0.493 e. The molecule has 1 saturated heterocycles. The summed E-state index contributed by atoms with van der Waals surface area (Å²) in [6.45, 7) is 6.81. The number of rotatable bonds is 7. The molecule has 5 heteroatoms. The van der Waals surface area contributed by atoms with Crippen molar-refractivity contribution in [2.24, 2.45) is 0 Å². The van der Waals surface area contributed by atoms with Gasteiger partial charge in [-0.2, -0.15) is 0 Å². The van der Waals surface area contributed by atoms with Gasteiger partial charge in [0.15, 0.2) is 11.5 Å². The van der Waals surface area contributed by atoms with Crippen LogP contribution in [0.3, 0.4) is 0 Å². The standard InChI is InChI=1S/C23H28N2O3/c1-4-28-21-11-7-18(16-22(21)27-3)8-12-23(26)24-19-9-10-20(17(2)15-19)25-13-5-6-14-25/h7-12,15-16H,4-6,13-14H2,1-3H3,(H,24,26). The maximum absolute atomic E-state index is 12.3. The number of carbonyl (C=O) groups excluding carboxylic acids is 1. The summed E-state index contributed by atoms with van der Waals surface area (Å²) in [4.78, 5) is 14.7. The largest absolute Gasteiger partial charge is 0.493 e. The third-order valence-electron chi connectivity index (χ3n) is 4.83. The number of nitrogens with one attached hydrogen (secondary N) is 1. The van der Waals surface area contributed by atoms with Crippen LogP contribution in [0.5, 0.6) is 11.5 Å². The third kappa shape index (κ3) is 4.85. The van der Waals surface area contributed by atoms with E-state index in [-0.39, 0.29) is 5.91 Å². The molecule has 1 amide bonds. The van der Waals surface area contributed by atoms with Crippen LogP contribution < -0.4 is 19.7 Å². The van der Waals surface area contributed by atoms with Crippen LogP contribution in [0.15, 0.2) is 42.5 Å². The van der Waals surface area contributed by atoms with Gasteiger partial charge in [-0.05, 0) is 74.2 Å². The highest BCUT2D eigenvalue weighted by Crippen LogP contribution is 2.29. The molecule has 0 aliphatic carbocycles. The van der Waals surface area contributed by atoms with Gasteiger partial charge in [0.25, 0.3) is 0 Å². The second kappa shape index (κ2) is 9.31. The lowest BCUT2D eigenvalue weighted by molar-refractivity contribution is -0.111. The van der Waals surface area contributed by atoms with Crippen molar-refractivity contribution in [2.75, 3.05) is 37.0 Å². The van der Waals surface area contributed by atoms with Gasteiger partial charge in [0, 0.05) is 30.5 Å². The van der Waals surface area contributed by atoms with Gasteiger partial charge < -0.3 is 19.7 Å². The van der Waals surface area contributed by atoms with Crippen molar-refractivity contribution < 1.29 is 14.3 Å². The second-order valence-corrected chi connectivity index (χ2v) is 6.86. The average molecular weight is 380 g/mol. The number of carbonyl (C=O) groups is 1. The third-order valence-corrected chi connectivity index (χ3v) is 4.83. The maximum Gasteiger partial charge on any atom is 0.248 e. The molecule has 5 nitrogen and oxygen atoms in total. The Morgan fingerprint density at radius 2 is 1.93 bits per heavy atom. The number of nitrogens with zero attached hydrogens (tertiary/aromatic N) is 1. The lowest BCUT2D eigenvalue weighted by atomic mass is 10.1. The van der Waals surface area contributed by atoms with E-state index < -0.39 is 0 Å². The minimum atomic E-state index is -0.166. The highest BCUT2D eigenvalue weighted by Gasteiger charge is 2.14. The molecular weight excluding hydrogens is 352 g/mol. The molecule has 2 aromatic rings. The summed E-state index contributed by atoms with van der Waals surface area (Å²) in [6, 6.07) is 11.7. The van der Waals surface area contributed by atoms with Crippen LogP contribution in [-0.2, 0) is 4.79 Å². The van der Waals surface area contributed by atoms with Crippen molar-refractivity contribution in [3.63, 3.8) is 0 Å². The van der Waals surface area contributed by atoms with Gasteiger partial charge in [0.2, 0.25) is 5.91 Å². The Bertz CT molecular complexity index is 855. The molecule has 28 heavy (non-hydrogen) atoms. The van der Waals surface area contributed by atoms with Gasteiger partial charge in [-0.15, -0.1) is 0 Å². The fraction of sp³-hybridized carbons (Fsp3) is 0.348. The Balaban J connectivity index is 1.64. The zero-order valence-electron chi connectivity index (χ0n) is 16.8. The van der Waals surface area contributed by atoms with Gasteiger partial charge in [0.1, 0.15) is 0 Å². The Labute approximate surface area is 167 Å². The zero-order valence-corrected chi connectivity index (χ0v) is 16.8. The van der Waals surface area contributed by atoms with Gasteiger partial charge in [-0.1, -0.05) is 6.07 Å². The molecule has 3 rings (SSSR count). The van der Waals surface area contributed by atoms with E-state index in [1.54, 1.807) is 13.2 Å². The molecule has 1 aliphatic rings. The number of hydrogen-bond donors (Lipinski definition) is 1. The molecule has 148 valence electrons. The van der Waals surface area contributed by atoms with E-state index in [9.17, 15) is 4.79 Å². The highest BCUT2D eigenvalue weighted by atomic mass is 16.5. The molecular formula is C23H28N2O3. The van der Waals surface area contributed by atoms with Crippen LogP contribution in [0.2, 0.25) is 0 Å². The molecule has 0 radical (unpaired) electrons. The van der Waals surface area contributed by atoms with Crippen molar-refractivity contribution in [3.05, 3.63) is 53.6 Å². The summed E-state index contributed by atoms with van der Waals surface area (Å²) in [5, 5.41) is 2.93. The van der Waals surface area contributed by atoms with E-state index in [0.717, 1.165) is 24.3 Å². The topological polar surface area (TPSA) is 50.8 Å². The molecule has 1 aliphatic heterocycles. The summed E-state index contributed by atoms with van der Waals surface area (Å²) in [6.07, 6.45) is 5.79. The first kappa shape index (κ1) is 19.8. The van der Waals surface area contributed by atoms with E-state index in [0.29, 0.717) is 18.1 Å². The fourth-order valence-electron chi connectivity index (χ4n) is 3.46. The van der Waals surface area contributed by atoms with Crippen molar-refractivity contribution in [1.82, 2.24) is 0 Å². The summed E-state index contributed by atoms with van der Waals surface area (Å²) in [5.41, 5.74) is 4.11. The number of aryl methyl sites for hydroxylation is 1. The second-order valence-electron chi connectivity index (χ2n) is 6.86. The van der Waals surface area contributed by atoms with Crippen LogP contribution in [0.4, 0.5) is 11.4 Å². The molecule has 0 bridgehead atoms. The first-order valence-corrected chi connectivity index (χ1v) is 9.76.